The second-order valence-corrected chi connectivity index (χ2v) is 10.0. The molecule has 2 aromatic rings. The lowest BCUT2D eigenvalue weighted by molar-refractivity contribution is -0.137. The van der Waals surface area contributed by atoms with Crippen molar-refractivity contribution in [3.05, 3.63) is 44.7 Å². The van der Waals surface area contributed by atoms with E-state index in [0.29, 0.717) is 35.0 Å². The Morgan fingerprint density at radius 1 is 1.19 bits per heavy atom. The standard InChI is InChI=1S/C21H23N5O4S2.C2H4O2/c1-13-4-3-6-25-17(13)22-18(24-10-8-23(2)9-11-24)14(19(25)29)12-15-20(30)26(21(31)32-15)7-5-16(27)28;1-2(3)4/h3-4,6,12H,5,7-11H2,1-2H3,(H,27,28);1H3,(H,3,4)/b15-12-;. The van der Waals surface area contributed by atoms with Crippen LogP contribution in [0.5, 0.6) is 0 Å². The molecule has 0 saturated carbocycles. The summed E-state index contributed by atoms with van der Waals surface area (Å²) >= 11 is 6.35. The maximum Gasteiger partial charge on any atom is 0.305 e. The van der Waals surface area contributed by atoms with E-state index in [-0.39, 0.29) is 28.8 Å². The Kier molecular flexibility index (Phi) is 8.82. The van der Waals surface area contributed by atoms with Crippen molar-refractivity contribution in [2.75, 3.05) is 44.7 Å². The van der Waals surface area contributed by atoms with Gasteiger partial charge in [-0.15, -0.1) is 0 Å². The summed E-state index contributed by atoms with van der Waals surface area (Å²) in [5.74, 6) is -1.68. The van der Waals surface area contributed by atoms with Crippen LogP contribution in [0, 0.1) is 6.92 Å². The number of piperazine rings is 1. The van der Waals surface area contributed by atoms with Crippen LogP contribution in [0.3, 0.4) is 0 Å². The zero-order valence-electron chi connectivity index (χ0n) is 20.1. The Morgan fingerprint density at radius 2 is 1.83 bits per heavy atom. The molecule has 36 heavy (non-hydrogen) atoms. The lowest BCUT2D eigenvalue weighted by Crippen LogP contribution is -2.45. The second-order valence-electron chi connectivity index (χ2n) is 8.33. The van der Waals surface area contributed by atoms with E-state index in [4.69, 9.17) is 32.2 Å². The molecule has 11 nitrogen and oxygen atoms in total. The fourth-order valence-corrected chi connectivity index (χ4v) is 5.01. The number of hydrogen-bond donors (Lipinski definition) is 2. The first kappa shape index (κ1) is 27.3. The number of carbonyl (C=O) groups is 3. The predicted octanol–water partition coefficient (Wildman–Crippen LogP) is 1.52. The van der Waals surface area contributed by atoms with Crippen LogP contribution in [0.1, 0.15) is 24.5 Å². The molecule has 0 aromatic carbocycles. The first-order valence-electron chi connectivity index (χ1n) is 11.1. The Bertz CT molecular complexity index is 1300. The van der Waals surface area contributed by atoms with Gasteiger partial charge in [-0.05, 0) is 31.7 Å². The van der Waals surface area contributed by atoms with Crippen LogP contribution in [0.15, 0.2) is 28.0 Å². The molecule has 13 heteroatoms. The van der Waals surface area contributed by atoms with Crippen LogP contribution in [0.2, 0.25) is 0 Å². The molecule has 2 N–H and O–H groups in total. The molecule has 0 bridgehead atoms. The summed E-state index contributed by atoms with van der Waals surface area (Å²) in [5.41, 5.74) is 1.53. The van der Waals surface area contributed by atoms with Crippen LogP contribution in [0.4, 0.5) is 5.82 Å². The number of amides is 1. The first-order valence-corrected chi connectivity index (χ1v) is 12.3. The predicted molar refractivity (Wildman–Crippen MR) is 141 cm³/mol. The third kappa shape index (κ3) is 6.28. The fraction of sp³-hybridized carbons (Fsp3) is 0.391. The van der Waals surface area contributed by atoms with Crippen LogP contribution in [0.25, 0.3) is 11.7 Å². The van der Waals surface area contributed by atoms with Gasteiger partial charge in [0, 0.05) is 45.8 Å². The average molecular weight is 534 g/mol. The lowest BCUT2D eigenvalue weighted by atomic mass is 10.2. The summed E-state index contributed by atoms with van der Waals surface area (Å²) in [6.45, 7) is 6.09. The molecular weight excluding hydrogens is 506 g/mol. The Hall–Kier alpha value is -3.29. The summed E-state index contributed by atoms with van der Waals surface area (Å²) in [4.78, 5) is 57.0. The Morgan fingerprint density at radius 3 is 2.44 bits per heavy atom. The molecule has 2 aliphatic rings. The van der Waals surface area contributed by atoms with Gasteiger partial charge in [-0.25, -0.2) is 4.98 Å². The van der Waals surface area contributed by atoms with Crippen molar-refractivity contribution in [3.8, 4) is 0 Å². The Balaban J connectivity index is 0.000000840. The van der Waals surface area contributed by atoms with Gasteiger partial charge in [-0.3, -0.25) is 28.5 Å². The van der Waals surface area contributed by atoms with E-state index in [1.54, 1.807) is 18.3 Å². The van der Waals surface area contributed by atoms with Gasteiger partial charge >= 0.3 is 5.97 Å². The highest BCUT2D eigenvalue weighted by molar-refractivity contribution is 8.26. The highest BCUT2D eigenvalue weighted by Crippen LogP contribution is 2.33. The third-order valence-electron chi connectivity index (χ3n) is 5.57. The number of nitrogens with zero attached hydrogens (tertiary/aromatic N) is 5. The monoisotopic (exact) mass is 533 g/mol. The van der Waals surface area contributed by atoms with Crippen molar-refractivity contribution >= 4 is 63.7 Å². The highest BCUT2D eigenvalue weighted by Gasteiger charge is 2.33. The van der Waals surface area contributed by atoms with Crippen molar-refractivity contribution in [1.29, 1.82) is 0 Å². The van der Waals surface area contributed by atoms with E-state index in [0.717, 1.165) is 37.3 Å². The molecule has 0 radical (unpaired) electrons. The molecule has 2 saturated heterocycles. The fourth-order valence-electron chi connectivity index (χ4n) is 3.72. The zero-order valence-corrected chi connectivity index (χ0v) is 21.8. The maximum atomic E-state index is 13.5. The van der Waals surface area contributed by atoms with Crippen molar-refractivity contribution in [1.82, 2.24) is 19.2 Å². The molecule has 0 spiro atoms. The second kappa shape index (κ2) is 11.6. The summed E-state index contributed by atoms with van der Waals surface area (Å²) in [6, 6.07) is 3.69. The number of aliphatic carboxylic acids is 2. The van der Waals surface area contributed by atoms with E-state index in [1.165, 1.54) is 9.30 Å². The molecule has 0 aliphatic carbocycles. The van der Waals surface area contributed by atoms with E-state index in [2.05, 4.69) is 9.80 Å². The van der Waals surface area contributed by atoms with Crippen molar-refractivity contribution < 1.29 is 24.6 Å². The minimum absolute atomic E-state index is 0.00317. The van der Waals surface area contributed by atoms with Gasteiger partial charge in [-0.1, -0.05) is 30.0 Å². The largest absolute Gasteiger partial charge is 0.481 e. The lowest BCUT2D eigenvalue weighted by Gasteiger charge is -2.34. The highest BCUT2D eigenvalue weighted by atomic mass is 32.2. The number of thioether (sulfide) groups is 1. The number of anilines is 1. The number of hydrogen-bond acceptors (Lipinski definition) is 9. The van der Waals surface area contributed by atoms with Gasteiger partial charge in [0.15, 0.2) is 0 Å². The van der Waals surface area contributed by atoms with Crippen LogP contribution in [-0.2, 0) is 14.4 Å². The molecule has 4 rings (SSSR count). The molecular formula is C23H27N5O6S2. The molecule has 0 unspecified atom stereocenters. The normalized spacial score (nSPS) is 17.5. The summed E-state index contributed by atoms with van der Waals surface area (Å²) in [5, 5.41) is 16.4. The number of pyridine rings is 1. The number of likely N-dealkylation sites (N-methyl/N-ethyl adjacent to an activating group) is 1. The minimum atomic E-state index is -1.01. The van der Waals surface area contributed by atoms with Gasteiger partial charge in [0.2, 0.25) is 0 Å². The number of carbonyl (C=O) groups excluding carboxylic acids is 1. The Labute approximate surface area is 217 Å². The quantitative estimate of drug-likeness (QED) is 0.428. The molecule has 2 fully saturated rings. The van der Waals surface area contributed by atoms with Gasteiger partial charge in [-0.2, -0.15) is 0 Å². The maximum absolute atomic E-state index is 13.5. The van der Waals surface area contributed by atoms with E-state index in [1.807, 2.05) is 20.0 Å². The number of rotatable bonds is 5. The summed E-state index contributed by atoms with van der Waals surface area (Å²) in [6.07, 6.45) is 3.02. The number of carboxylic acid groups (broad SMARTS) is 2. The first-order chi connectivity index (χ1) is 17.0. The number of carboxylic acids is 2. The number of thiocarbonyl (C=S) groups is 1. The molecule has 0 atom stereocenters. The third-order valence-corrected chi connectivity index (χ3v) is 6.94. The SMILES string of the molecule is CC(=O)O.Cc1cccn2c(=O)c(/C=C3\SC(=S)N(CCC(=O)O)C3=O)c(N3CCN(C)CC3)nc12. The van der Waals surface area contributed by atoms with E-state index in [9.17, 15) is 14.4 Å². The molecule has 192 valence electrons. The van der Waals surface area contributed by atoms with Crippen LogP contribution < -0.4 is 10.5 Å². The molecule has 2 aromatic heterocycles. The molecule has 1 amide bonds. The van der Waals surface area contributed by atoms with E-state index < -0.39 is 11.9 Å². The van der Waals surface area contributed by atoms with E-state index >= 15 is 0 Å². The zero-order chi connectivity index (χ0) is 26.6. The van der Waals surface area contributed by atoms with Crippen molar-refractivity contribution in [2.45, 2.75) is 20.3 Å². The topological polar surface area (TPSA) is 136 Å². The van der Waals surface area contributed by atoms with Crippen LogP contribution >= 0.6 is 24.0 Å². The summed E-state index contributed by atoms with van der Waals surface area (Å²) < 4.78 is 1.78. The number of fused-ring (bicyclic) bond motifs is 1. The number of aromatic nitrogens is 2. The van der Waals surface area contributed by atoms with Gasteiger partial charge in [0.25, 0.3) is 17.4 Å². The van der Waals surface area contributed by atoms with Gasteiger partial charge in [0.05, 0.1) is 16.9 Å². The summed E-state index contributed by atoms with van der Waals surface area (Å²) in [7, 11) is 2.05. The van der Waals surface area contributed by atoms with Crippen LogP contribution in [-0.4, -0.2) is 91.3 Å². The molecule has 2 aliphatic heterocycles. The average Bonchev–Trinajstić information content (AvgIpc) is 3.07. The number of aryl methyl sites for hydroxylation is 1. The van der Waals surface area contributed by atoms with Gasteiger partial charge < -0.3 is 20.0 Å². The van der Waals surface area contributed by atoms with Crippen molar-refractivity contribution in [2.24, 2.45) is 0 Å². The smallest absolute Gasteiger partial charge is 0.305 e. The minimum Gasteiger partial charge on any atom is -0.481 e. The molecule has 4 heterocycles. The van der Waals surface area contributed by atoms with Gasteiger partial charge in [0.1, 0.15) is 15.8 Å². The van der Waals surface area contributed by atoms with Crippen molar-refractivity contribution in [3.63, 3.8) is 0 Å².